The minimum atomic E-state index is -0.146. The average Bonchev–Trinajstić information content (AvgIpc) is 2.59. The Labute approximate surface area is 154 Å². The lowest BCUT2D eigenvalue weighted by Gasteiger charge is -2.28. The van der Waals surface area contributed by atoms with Crippen molar-refractivity contribution in [2.75, 3.05) is 50.7 Å². The van der Waals surface area contributed by atoms with Gasteiger partial charge in [0, 0.05) is 32.3 Å². The van der Waals surface area contributed by atoms with Gasteiger partial charge in [0.05, 0.1) is 25.9 Å². The molecule has 7 nitrogen and oxygen atoms in total. The minimum Gasteiger partial charge on any atom is -0.495 e. The molecule has 140 valence electrons. The lowest BCUT2D eigenvalue weighted by molar-refractivity contribution is -0.119. The number of carbonyl (C=O) groups excluding carboxylic acids is 2. The van der Waals surface area contributed by atoms with E-state index >= 15 is 0 Å². The van der Waals surface area contributed by atoms with Crippen LogP contribution in [0.25, 0.3) is 0 Å². The van der Waals surface area contributed by atoms with E-state index < -0.39 is 0 Å². The molecule has 1 aromatic rings. The first kappa shape index (κ1) is 21.2. The molecule has 0 unspecified atom stereocenters. The van der Waals surface area contributed by atoms with Crippen molar-refractivity contribution >= 4 is 35.6 Å². The minimum absolute atomic E-state index is 0. The first-order valence-corrected chi connectivity index (χ1v) is 8.13. The third-order valence-corrected chi connectivity index (χ3v) is 3.85. The second-order valence-corrected chi connectivity index (χ2v) is 5.61. The molecule has 25 heavy (non-hydrogen) atoms. The number of carbonyl (C=O) groups is 2. The van der Waals surface area contributed by atoms with Crippen LogP contribution in [0.1, 0.15) is 19.3 Å². The Morgan fingerprint density at radius 3 is 2.76 bits per heavy atom. The topological polar surface area (TPSA) is 79.9 Å². The number of methoxy groups -OCH3 is 2. The Bertz CT molecular complexity index is 583. The van der Waals surface area contributed by atoms with E-state index in [9.17, 15) is 9.59 Å². The van der Waals surface area contributed by atoms with Crippen molar-refractivity contribution < 1.29 is 19.1 Å². The predicted octanol–water partition coefficient (Wildman–Crippen LogP) is 1.81. The molecule has 1 saturated heterocycles. The molecule has 0 saturated carbocycles. The van der Waals surface area contributed by atoms with Gasteiger partial charge in [-0.15, -0.1) is 12.4 Å². The van der Waals surface area contributed by atoms with E-state index in [1.807, 2.05) is 0 Å². The van der Waals surface area contributed by atoms with Gasteiger partial charge in [-0.1, -0.05) is 0 Å². The summed E-state index contributed by atoms with van der Waals surface area (Å²) in [5.41, 5.74) is 1.34. The second kappa shape index (κ2) is 10.9. The Balaban J connectivity index is 0.00000312. The van der Waals surface area contributed by atoms with Crippen LogP contribution < -0.4 is 20.3 Å². The van der Waals surface area contributed by atoms with E-state index in [2.05, 4.69) is 10.6 Å². The van der Waals surface area contributed by atoms with E-state index in [1.54, 1.807) is 37.3 Å². The molecule has 2 N–H and O–H groups in total. The molecular formula is C17H26ClN3O4. The number of anilines is 2. The van der Waals surface area contributed by atoms with Crippen LogP contribution in [-0.4, -0.2) is 52.3 Å². The van der Waals surface area contributed by atoms with Crippen molar-refractivity contribution in [3.8, 4) is 5.75 Å². The summed E-state index contributed by atoms with van der Waals surface area (Å²) in [5.74, 6) is 0.568. The monoisotopic (exact) mass is 371 g/mol. The van der Waals surface area contributed by atoms with E-state index in [-0.39, 0.29) is 30.8 Å². The molecule has 1 fully saturated rings. The van der Waals surface area contributed by atoms with E-state index in [0.717, 1.165) is 12.8 Å². The molecule has 0 aromatic heterocycles. The highest BCUT2D eigenvalue weighted by molar-refractivity contribution is 5.98. The van der Waals surface area contributed by atoms with Gasteiger partial charge in [-0.2, -0.15) is 0 Å². The molecule has 0 radical (unpaired) electrons. The number of halogens is 1. The Kier molecular flexibility index (Phi) is 9.26. The molecule has 1 aromatic carbocycles. The number of ether oxygens (including phenoxy) is 2. The van der Waals surface area contributed by atoms with Gasteiger partial charge in [-0.3, -0.25) is 9.59 Å². The quantitative estimate of drug-likeness (QED) is 0.681. The van der Waals surface area contributed by atoms with Gasteiger partial charge in [0.1, 0.15) is 5.75 Å². The molecule has 1 heterocycles. The number of nitrogens with one attached hydrogen (secondary N) is 2. The number of amides is 2. The first-order chi connectivity index (χ1) is 11.7. The zero-order valence-electron chi connectivity index (χ0n) is 14.7. The summed E-state index contributed by atoms with van der Waals surface area (Å²) in [4.78, 5) is 25.8. The highest BCUT2D eigenvalue weighted by atomic mass is 35.5. The predicted molar refractivity (Wildman–Crippen MR) is 99.8 cm³/mol. The third-order valence-electron chi connectivity index (χ3n) is 3.85. The zero-order valence-corrected chi connectivity index (χ0v) is 15.5. The van der Waals surface area contributed by atoms with E-state index in [4.69, 9.17) is 9.47 Å². The van der Waals surface area contributed by atoms with Crippen LogP contribution in [0, 0.1) is 0 Å². The Hall–Kier alpha value is -1.83. The standard InChI is InChI=1S/C17H25N3O4.ClH/c1-23-10-8-18-12-16(21)19-13-6-7-15(24-2)14(11-13)20-9-4-3-5-17(20)22;/h6-7,11,18H,3-5,8-10,12H2,1-2H3,(H,19,21);1H. The molecule has 0 aliphatic carbocycles. The van der Waals surface area contributed by atoms with Crippen molar-refractivity contribution in [3.05, 3.63) is 18.2 Å². The van der Waals surface area contributed by atoms with Crippen LogP contribution in [0.5, 0.6) is 5.75 Å². The summed E-state index contributed by atoms with van der Waals surface area (Å²) in [6.07, 6.45) is 2.43. The second-order valence-electron chi connectivity index (χ2n) is 5.61. The zero-order chi connectivity index (χ0) is 17.4. The summed E-state index contributed by atoms with van der Waals surface area (Å²) in [5, 5.41) is 5.82. The van der Waals surface area contributed by atoms with Gasteiger partial charge in [0.25, 0.3) is 0 Å². The van der Waals surface area contributed by atoms with Crippen molar-refractivity contribution in [3.63, 3.8) is 0 Å². The van der Waals surface area contributed by atoms with Crippen molar-refractivity contribution in [1.82, 2.24) is 5.32 Å². The van der Waals surface area contributed by atoms with Crippen molar-refractivity contribution in [2.45, 2.75) is 19.3 Å². The van der Waals surface area contributed by atoms with Gasteiger partial charge in [0.2, 0.25) is 11.8 Å². The van der Waals surface area contributed by atoms with Gasteiger partial charge in [-0.25, -0.2) is 0 Å². The van der Waals surface area contributed by atoms with Crippen LogP contribution in [-0.2, 0) is 14.3 Å². The summed E-state index contributed by atoms with van der Waals surface area (Å²) < 4.78 is 10.3. The summed E-state index contributed by atoms with van der Waals surface area (Å²) in [6.45, 7) is 2.04. The number of hydrogen-bond acceptors (Lipinski definition) is 5. The maximum atomic E-state index is 12.2. The molecule has 8 heteroatoms. The maximum Gasteiger partial charge on any atom is 0.238 e. The highest BCUT2D eigenvalue weighted by Gasteiger charge is 2.23. The summed E-state index contributed by atoms with van der Waals surface area (Å²) >= 11 is 0. The largest absolute Gasteiger partial charge is 0.495 e. The molecule has 1 aliphatic heterocycles. The molecule has 0 atom stereocenters. The highest BCUT2D eigenvalue weighted by Crippen LogP contribution is 2.33. The summed E-state index contributed by atoms with van der Waals surface area (Å²) in [6, 6.07) is 5.32. The van der Waals surface area contributed by atoms with E-state index in [1.165, 1.54) is 0 Å². The SMILES string of the molecule is COCCNCC(=O)Nc1ccc(OC)c(N2CCCCC2=O)c1.Cl. The number of benzene rings is 1. The third kappa shape index (κ3) is 6.19. The fraction of sp³-hybridized carbons (Fsp3) is 0.529. The average molecular weight is 372 g/mol. The van der Waals surface area contributed by atoms with Gasteiger partial charge in [0.15, 0.2) is 0 Å². The van der Waals surface area contributed by atoms with Crippen molar-refractivity contribution in [2.24, 2.45) is 0 Å². The molecule has 0 spiro atoms. The van der Waals surface area contributed by atoms with E-state index in [0.29, 0.717) is 43.2 Å². The molecule has 0 bridgehead atoms. The number of piperidine rings is 1. The van der Waals surface area contributed by atoms with Crippen molar-refractivity contribution in [1.29, 1.82) is 0 Å². The maximum absolute atomic E-state index is 12.2. The molecule has 2 rings (SSSR count). The normalized spacial score (nSPS) is 14.0. The van der Waals surface area contributed by atoms with Crippen LogP contribution in [0.2, 0.25) is 0 Å². The first-order valence-electron chi connectivity index (χ1n) is 8.13. The fourth-order valence-corrected chi connectivity index (χ4v) is 2.62. The van der Waals surface area contributed by atoms with Crippen LogP contribution in [0.4, 0.5) is 11.4 Å². The van der Waals surface area contributed by atoms with Gasteiger partial charge < -0.3 is 25.0 Å². The smallest absolute Gasteiger partial charge is 0.238 e. The Morgan fingerprint density at radius 2 is 2.08 bits per heavy atom. The van der Waals surface area contributed by atoms with Crippen LogP contribution in [0.3, 0.4) is 0 Å². The molecule has 1 aliphatic rings. The number of rotatable bonds is 8. The number of hydrogen-bond donors (Lipinski definition) is 2. The molecule has 2 amide bonds. The fourth-order valence-electron chi connectivity index (χ4n) is 2.62. The lowest BCUT2D eigenvalue weighted by atomic mass is 10.1. The summed E-state index contributed by atoms with van der Waals surface area (Å²) in [7, 11) is 3.19. The lowest BCUT2D eigenvalue weighted by Crippen LogP contribution is -2.35. The van der Waals surface area contributed by atoms with Gasteiger partial charge >= 0.3 is 0 Å². The Morgan fingerprint density at radius 1 is 1.28 bits per heavy atom. The molecular weight excluding hydrogens is 346 g/mol. The van der Waals surface area contributed by atoms with Crippen LogP contribution >= 0.6 is 12.4 Å². The van der Waals surface area contributed by atoms with Gasteiger partial charge in [-0.05, 0) is 31.0 Å². The number of nitrogens with zero attached hydrogens (tertiary/aromatic N) is 1. The van der Waals surface area contributed by atoms with Crippen LogP contribution in [0.15, 0.2) is 18.2 Å².